The van der Waals surface area contributed by atoms with Crippen molar-refractivity contribution in [1.29, 1.82) is 0 Å². The van der Waals surface area contributed by atoms with Crippen molar-refractivity contribution in [2.75, 3.05) is 11.3 Å². The highest BCUT2D eigenvalue weighted by molar-refractivity contribution is 7.92. The van der Waals surface area contributed by atoms with Crippen LogP contribution in [0.4, 0.5) is 18.9 Å². The zero-order valence-corrected chi connectivity index (χ0v) is 17.4. The number of phenols is 1. The van der Waals surface area contributed by atoms with E-state index in [9.17, 15) is 31.5 Å². The molecule has 0 aliphatic heterocycles. The molecule has 3 N–H and O–H groups in total. The molecule has 0 atom stereocenters. The van der Waals surface area contributed by atoms with Crippen LogP contribution in [-0.2, 0) is 22.6 Å². The third-order valence-electron chi connectivity index (χ3n) is 4.50. The van der Waals surface area contributed by atoms with Gasteiger partial charge in [-0.1, -0.05) is 30.3 Å². The average Bonchev–Trinajstić information content (AvgIpc) is 2.73. The molecule has 3 aromatic carbocycles. The predicted octanol–water partition coefficient (Wildman–Crippen LogP) is 4.18. The van der Waals surface area contributed by atoms with Crippen LogP contribution in [-0.4, -0.2) is 26.0 Å². The number of carbonyl (C=O) groups excluding carboxylic acids is 1. The van der Waals surface area contributed by atoms with E-state index in [4.69, 9.17) is 0 Å². The van der Waals surface area contributed by atoms with Crippen LogP contribution in [0.2, 0.25) is 0 Å². The van der Waals surface area contributed by atoms with E-state index in [0.29, 0.717) is 12.5 Å². The van der Waals surface area contributed by atoms with Crippen molar-refractivity contribution in [1.82, 2.24) is 5.32 Å². The van der Waals surface area contributed by atoms with Gasteiger partial charge in [0.05, 0.1) is 21.7 Å². The Kier molecular flexibility index (Phi) is 6.73. The number of hydrogen-bond acceptors (Lipinski definition) is 4. The number of sulfonamides is 1. The van der Waals surface area contributed by atoms with E-state index in [1.807, 2.05) is 0 Å². The molecule has 0 saturated carbocycles. The van der Waals surface area contributed by atoms with E-state index in [2.05, 4.69) is 10.0 Å². The van der Waals surface area contributed by atoms with Crippen molar-refractivity contribution >= 4 is 21.6 Å². The van der Waals surface area contributed by atoms with Crippen molar-refractivity contribution in [3.05, 3.63) is 89.5 Å². The summed E-state index contributed by atoms with van der Waals surface area (Å²) in [6.45, 7) is 0.219. The van der Waals surface area contributed by atoms with E-state index in [-0.39, 0.29) is 23.5 Å². The second-order valence-corrected chi connectivity index (χ2v) is 8.53. The number of anilines is 1. The largest absolute Gasteiger partial charge is 0.508 e. The summed E-state index contributed by atoms with van der Waals surface area (Å²) in [6, 6.07) is 15.6. The Morgan fingerprint density at radius 3 is 2.38 bits per heavy atom. The van der Waals surface area contributed by atoms with Gasteiger partial charge in [0.15, 0.2) is 0 Å². The lowest BCUT2D eigenvalue weighted by Crippen LogP contribution is -2.27. The zero-order chi connectivity index (χ0) is 23.4. The number of aromatic hydroxyl groups is 1. The smallest absolute Gasteiger partial charge is 0.416 e. The Hall–Kier alpha value is -3.53. The van der Waals surface area contributed by atoms with Crippen molar-refractivity contribution in [3.63, 3.8) is 0 Å². The van der Waals surface area contributed by atoms with Gasteiger partial charge >= 0.3 is 6.18 Å². The first-order chi connectivity index (χ1) is 15.1. The summed E-state index contributed by atoms with van der Waals surface area (Å²) in [5.41, 5.74) is -0.360. The fraction of sp³-hybridized carbons (Fsp3) is 0.136. The number of halogens is 3. The van der Waals surface area contributed by atoms with E-state index < -0.39 is 32.6 Å². The number of rotatable bonds is 7. The number of para-hydroxylation sites is 1. The molecule has 32 heavy (non-hydrogen) atoms. The van der Waals surface area contributed by atoms with Crippen LogP contribution in [0.1, 0.15) is 21.5 Å². The van der Waals surface area contributed by atoms with Gasteiger partial charge in [-0.3, -0.25) is 9.52 Å². The first-order valence-corrected chi connectivity index (χ1v) is 10.9. The fourth-order valence-corrected chi connectivity index (χ4v) is 4.07. The second kappa shape index (κ2) is 9.31. The molecule has 0 radical (unpaired) electrons. The van der Waals surface area contributed by atoms with Crippen molar-refractivity contribution in [2.24, 2.45) is 0 Å². The van der Waals surface area contributed by atoms with Gasteiger partial charge in [0.1, 0.15) is 5.75 Å². The fourth-order valence-electron chi connectivity index (χ4n) is 2.94. The minimum absolute atomic E-state index is 0.0129. The quantitative estimate of drug-likeness (QED) is 0.489. The molecule has 0 aliphatic rings. The van der Waals surface area contributed by atoms with Gasteiger partial charge in [0.25, 0.3) is 15.9 Å². The van der Waals surface area contributed by atoms with Crippen molar-refractivity contribution in [2.45, 2.75) is 17.5 Å². The normalized spacial score (nSPS) is 11.7. The standard InChI is InChI=1S/C22H19F3N2O4S/c23-22(24,25)16-6-4-8-18(14-16)32(30,31)27-20-10-2-1-9-19(20)21(29)26-12-11-15-5-3-7-17(28)13-15/h1-10,13-14,27-28H,11-12H2,(H,26,29). The predicted molar refractivity (Wildman–Crippen MR) is 113 cm³/mol. The highest BCUT2D eigenvalue weighted by atomic mass is 32.2. The van der Waals surface area contributed by atoms with Crippen LogP contribution in [0.3, 0.4) is 0 Å². The summed E-state index contributed by atoms with van der Waals surface area (Å²) in [7, 11) is -4.38. The van der Waals surface area contributed by atoms with E-state index >= 15 is 0 Å². The molecule has 168 valence electrons. The monoisotopic (exact) mass is 464 g/mol. The molecule has 0 aromatic heterocycles. The molecule has 0 bridgehead atoms. The van der Waals surface area contributed by atoms with Crippen LogP contribution in [0.15, 0.2) is 77.7 Å². The topological polar surface area (TPSA) is 95.5 Å². The number of hydrogen-bond donors (Lipinski definition) is 3. The molecule has 1 amide bonds. The van der Waals surface area contributed by atoms with Crippen molar-refractivity contribution < 1.29 is 31.5 Å². The van der Waals surface area contributed by atoms with E-state index in [1.165, 1.54) is 30.3 Å². The lowest BCUT2D eigenvalue weighted by Gasteiger charge is -2.14. The molecule has 0 fully saturated rings. The average molecular weight is 464 g/mol. The zero-order valence-electron chi connectivity index (χ0n) is 16.6. The number of benzene rings is 3. The van der Waals surface area contributed by atoms with Gasteiger partial charge in [-0.2, -0.15) is 13.2 Å². The Balaban J connectivity index is 1.75. The molecule has 3 rings (SSSR count). The Morgan fingerprint density at radius 2 is 1.66 bits per heavy atom. The Bertz CT molecular complexity index is 1230. The molecule has 10 heteroatoms. The van der Waals surface area contributed by atoms with Gasteiger partial charge in [0, 0.05) is 6.54 Å². The maximum absolute atomic E-state index is 12.9. The third kappa shape index (κ3) is 5.79. The molecule has 0 heterocycles. The van der Waals surface area contributed by atoms with Gasteiger partial charge in [-0.15, -0.1) is 0 Å². The SMILES string of the molecule is O=C(NCCc1cccc(O)c1)c1ccccc1NS(=O)(=O)c1cccc(C(F)(F)F)c1. The summed E-state index contributed by atoms with van der Waals surface area (Å²) in [5.74, 6) is -0.462. The summed E-state index contributed by atoms with van der Waals surface area (Å²) in [6.07, 6.45) is -4.27. The van der Waals surface area contributed by atoms with Crippen molar-refractivity contribution in [3.8, 4) is 5.75 Å². The Morgan fingerprint density at radius 1 is 0.938 bits per heavy atom. The number of phenolic OH excluding ortho intramolecular Hbond substituents is 1. The summed E-state index contributed by atoms with van der Waals surface area (Å²) >= 11 is 0. The highest BCUT2D eigenvalue weighted by Crippen LogP contribution is 2.31. The summed E-state index contributed by atoms with van der Waals surface area (Å²) in [4.78, 5) is 12.0. The molecule has 0 spiro atoms. The van der Waals surface area contributed by atoms with Gasteiger partial charge in [-0.25, -0.2) is 8.42 Å². The first kappa shape index (κ1) is 23.1. The maximum Gasteiger partial charge on any atom is 0.416 e. The van der Waals surface area contributed by atoms with E-state index in [0.717, 1.165) is 23.8 Å². The first-order valence-electron chi connectivity index (χ1n) is 9.41. The number of amides is 1. The minimum atomic E-state index is -4.70. The second-order valence-electron chi connectivity index (χ2n) is 6.85. The van der Waals surface area contributed by atoms with E-state index in [1.54, 1.807) is 18.2 Å². The third-order valence-corrected chi connectivity index (χ3v) is 5.86. The Labute approximate surface area is 182 Å². The molecule has 0 aliphatic carbocycles. The lowest BCUT2D eigenvalue weighted by atomic mass is 10.1. The molecule has 0 saturated heterocycles. The number of nitrogens with one attached hydrogen (secondary N) is 2. The molecular formula is C22H19F3N2O4S. The van der Waals surface area contributed by atoms with Crippen LogP contribution in [0.25, 0.3) is 0 Å². The van der Waals surface area contributed by atoms with Crippen LogP contribution in [0.5, 0.6) is 5.75 Å². The maximum atomic E-state index is 12.9. The number of alkyl halides is 3. The summed E-state index contributed by atoms with van der Waals surface area (Å²) in [5, 5.41) is 12.1. The minimum Gasteiger partial charge on any atom is -0.508 e. The number of carbonyl (C=O) groups is 1. The molecule has 6 nitrogen and oxygen atoms in total. The molecule has 3 aromatic rings. The van der Waals surface area contributed by atoms with Crippen LogP contribution in [0, 0.1) is 0 Å². The van der Waals surface area contributed by atoms with Crippen LogP contribution >= 0.6 is 0 Å². The molecular weight excluding hydrogens is 445 g/mol. The summed E-state index contributed by atoms with van der Waals surface area (Å²) < 4.78 is 66.3. The molecule has 0 unspecified atom stereocenters. The van der Waals surface area contributed by atoms with Gasteiger partial charge in [-0.05, 0) is 54.4 Å². The lowest BCUT2D eigenvalue weighted by molar-refractivity contribution is -0.137. The highest BCUT2D eigenvalue weighted by Gasteiger charge is 2.31. The van der Waals surface area contributed by atoms with Gasteiger partial charge < -0.3 is 10.4 Å². The van der Waals surface area contributed by atoms with Gasteiger partial charge in [0.2, 0.25) is 0 Å². The van der Waals surface area contributed by atoms with Crippen LogP contribution < -0.4 is 10.0 Å².